The maximum Gasteiger partial charge on any atom is 0.166 e. The molecule has 2 heterocycles. The van der Waals surface area contributed by atoms with Gasteiger partial charge in [-0.2, -0.15) is 0 Å². The highest BCUT2D eigenvalue weighted by atomic mass is 16.6. The van der Waals surface area contributed by atoms with Crippen LogP contribution in [0.1, 0.15) is 13.3 Å². The molecule has 3 heteroatoms. The van der Waals surface area contributed by atoms with Crippen molar-refractivity contribution in [2.45, 2.75) is 31.7 Å². The van der Waals surface area contributed by atoms with Gasteiger partial charge in [0.05, 0.1) is 18.8 Å². The predicted molar refractivity (Wildman–Crippen MR) is 33.7 cm³/mol. The average Bonchev–Trinajstić information content (AvgIpc) is 2.66. The number of hydrogen-bond donors (Lipinski definition) is 0. The van der Waals surface area contributed by atoms with Crippen LogP contribution in [0, 0.1) is 0 Å². The highest BCUT2D eigenvalue weighted by Crippen LogP contribution is 2.26. The van der Waals surface area contributed by atoms with Crippen LogP contribution in [0.25, 0.3) is 0 Å². The number of rotatable bonds is 3. The van der Waals surface area contributed by atoms with E-state index in [1.54, 1.807) is 0 Å². The minimum atomic E-state index is -0.107. The first kappa shape index (κ1) is 6.31. The van der Waals surface area contributed by atoms with E-state index in [4.69, 9.17) is 9.47 Å². The second kappa shape index (κ2) is 2.04. The molecule has 0 aromatic carbocycles. The van der Waals surface area contributed by atoms with E-state index in [2.05, 4.69) is 0 Å². The fraction of sp³-hybridized carbons (Fsp3) is 0.857. The third-order valence-corrected chi connectivity index (χ3v) is 1.86. The van der Waals surface area contributed by atoms with Crippen molar-refractivity contribution in [2.75, 3.05) is 6.61 Å². The third kappa shape index (κ3) is 1.20. The maximum absolute atomic E-state index is 11.1. The van der Waals surface area contributed by atoms with Crippen LogP contribution in [0.4, 0.5) is 0 Å². The molecule has 56 valence electrons. The van der Waals surface area contributed by atoms with Crippen LogP contribution in [-0.4, -0.2) is 30.7 Å². The lowest BCUT2D eigenvalue weighted by molar-refractivity contribution is -0.120. The van der Waals surface area contributed by atoms with E-state index in [1.165, 1.54) is 0 Å². The Morgan fingerprint density at radius 3 is 2.70 bits per heavy atom. The van der Waals surface area contributed by atoms with Gasteiger partial charge in [0, 0.05) is 6.42 Å². The Kier molecular flexibility index (Phi) is 1.28. The van der Waals surface area contributed by atoms with Gasteiger partial charge in [-0.15, -0.1) is 0 Å². The Bertz CT molecular complexity index is 162. The van der Waals surface area contributed by atoms with E-state index in [1.807, 2.05) is 6.92 Å². The zero-order chi connectivity index (χ0) is 7.14. The van der Waals surface area contributed by atoms with Crippen LogP contribution in [0.3, 0.4) is 0 Å². The standard InChI is InChI=1S/C7H10O3/c1-4-7(10-4)6(8)2-5-3-9-5/h4-5,7H,2-3H2,1H3. The van der Waals surface area contributed by atoms with Crippen molar-refractivity contribution in [3.05, 3.63) is 0 Å². The molecular formula is C7H10O3. The molecule has 2 fully saturated rings. The van der Waals surface area contributed by atoms with Crippen molar-refractivity contribution in [3.63, 3.8) is 0 Å². The number of carbonyl (C=O) groups excluding carboxylic acids is 1. The van der Waals surface area contributed by atoms with Crippen LogP contribution in [-0.2, 0) is 14.3 Å². The molecule has 2 rings (SSSR count). The van der Waals surface area contributed by atoms with Crippen molar-refractivity contribution in [3.8, 4) is 0 Å². The summed E-state index contributed by atoms with van der Waals surface area (Å²) in [5, 5.41) is 0. The molecule has 0 aliphatic carbocycles. The largest absolute Gasteiger partial charge is 0.373 e. The Hall–Kier alpha value is -0.410. The molecule has 3 nitrogen and oxygen atoms in total. The Labute approximate surface area is 59.3 Å². The van der Waals surface area contributed by atoms with Crippen molar-refractivity contribution >= 4 is 5.78 Å². The SMILES string of the molecule is CC1OC1C(=O)CC1CO1. The Morgan fingerprint density at radius 1 is 1.70 bits per heavy atom. The molecule has 0 N–H and O–H groups in total. The predicted octanol–water partition coefficient (Wildman–Crippen LogP) is 0.132. The molecule has 0 aromatic rings. The Balaban J connectivity index is 1.76. The minimum absolute atomic E-state index is 0.107. The number of hydrogen-bond acceptors (Lipinski definition) is 3. The fourth-order valence-electron chi connectivity index (χ4n) is 1.05. The van der Waals surface area contributed by atoms with Gasteiger partial charge in [-0.3, -0.25) is 4.79 Å². The summed E-state index contributed by atoms with van der Waals surface area (Å²) in [5.41, 5.74) is 0. The lowest BCUT2D eigenvalue weighted by Crippen LogP contribution is -2.11. The topological polar surface area (TPSA) is 42.1 Å². The van der Waals surface area contributed by atoms with Gasteiger partial charge >= 0.3 is 0 Å². The molecule has 2 saturated heterocycles. The van der Waals surface area contributed by atoms with Gasteiger partial charge < -0.3 is 9.47 Å². The maximum atomic E-state index is 11.1. The fourth-order valence-corrected chi connectivity index (χ4v) is 1.05. The molecule has 10 heavy (non-hydrogen) atoms. The van der Waals surface area contributed by atoms with Gasteiger partial charge in [0.25, 0.3) is 0 Å². The van der Waals surface area contributed by atoms with E-state index >= 15 is 0 Å². The van der Waals surface area contributed by atoms with Crippen molar-refractivity contribution in [1.29, 1.82) is 0 Å². The highest BCUT2D eigenvalue weighted by molar-refractivity contribution is 5.86. The molecule has 0 aromatic heterocycles. The summed E-state index contributed by atoms with van der Waals surface area (Å²) in [6, 6.07) is 0. The van der Waals surface area contributed by atoms with Crippen LogP contribution in [0.2, 0.25) is 0 Å². The first-order valence-corrected chi connectivity index (χ1v) is 3.57. The minimum Gasteiger partial charge on any atom is -0.373 e. The zero-order valence-electron chi connectivity index (χ0n) is 5.87. The summed E-state index contributed by atoms with van der Waals surface area (Å²) < 4.78 is 9.92. The smallest absolute Gasteiger partial charge is 0.166 e. The molecule has 3 atom stereocenters. The summed E-state index contributed by atoms with van der Waals surface area (Å²) in [7, 11) is 0. The number of ether oxygens (including phenoxy) is 2. The molecule has 0 bridgehead atoms. The van der Waals surface area contributed by atoms with Gasteiger partial charge in [-0.25, -0.2) is 0 Å². The van der Waals surface area contributed by atoms with Crippen LogP contribution in [0.15, 0.2) is 0 Å². The van der Waals surface area contributed by atoms with Crippen LogP contribution < -0.4 is 0 Å². The number of epoxide rings is 2. The molecular weight excluding hydrogens is 132 g/mol. The van der Waals surface area contributed by atoms with Crippen LogP contribution in [0.5, 0.6) is 0 Å². The molecule has 2 aliphatic rings. The first-order valence-electron chi connectivity index (χ1n) is 3.57. The van der Waals surface area contributed by atoms with E-state index in [0.717, 1.165) is 6.61 Å². The van der Waals surface area contributed by atoms with Gasteiger partial charge in [-0.1, -0.05) is 0 Å². The zero-order valence-corrected chi connectivity index (χ0v) is 5.87. The lowest BCUT2D eigenvalue weighted by atomic mass is 10.1. The number of carbonyl (C=O) groups is 1. The van der Waals surface area contributed by atoms with E-state index in [9.17, 15) is 4.79 Å². The average molecular weight is 142 g/mol. The molecule has 3 unspecified atom stereocenters. The van der Waals surface area contributed by atoms with Crippen LogP contribution >= 0.6 is 0 Å². The monoisotopic (exact) mass is 142 g/mol. The van der Waals surface area contributed by atoms with E-state index in [-0.39, 0.29) is 24.1 Å². The van der Waals surface area contributed by atoms with Gasteiger partial charge in [0.15, 0.2) is 5.78 Å². The molecule has 0 amide bonds. The van der Waals surface area contributed by atoms with Gasteiger partial charge in [-0.05, 0) is 6.92 Å². The quantitative estimate of drug-likeness (QED) is 0.526. The second-order valence-corrected chi connectivity index (χ2v) is 2.89. The number of Topliss-reactive ketones (excluding diaryl/α,β-unsaturated/α-hetero) is 1. The molecule has 2 aliphatic heterocycles. The van der Waals surface area contributed by atoms with Crippen molar-refractivity contribution in [1.82, 2.24) is 0 Å². The second-order valence-electron chi connectivity index (χ2n) is 2.89. The number of ketones is 1. The van der Waals surface area contributed by atoms with E-state index < -0.39 is 0 Å². The lowest BCUT2D eigenvalue weighted by Gasteiger charge is -1.88. The molecule has 0 radical (unpaired) electrons. The van der Waals surface area contributed by atoms with Crippen molar-refractivity contribution < 1.29 is 14.3 Å². The van der Waals surface area contributed by atoms with E-state index in [0.29, 0.717) is 6.42 Å². The Morgan fingerprint density at radius 2 is 2.30 bits per heavy atom. The summed E-state index contributed by atoms with van der Waals surface area (Å²) >= 11 is 0. The highest BCUT2D eigenvalue weighted by Gasteiger charge is 2.42. The normalized spacial score (nSPS) is 43.1. The summed E-state index contributed by atoms with van der Waals surface area (Å²) in [6.45, 7) is 2.67. The third-order valence-electron chi connectivity index (χ3n) is 1.86. The molecule has 0 saturated carbocycles. The molecule has 0 spiro atoms. The summed E-state index contributed by atoms with van der Waals surface area (Å²) in [4.78, 5) is 11.1. The first-order chi connectivity index (χ1) is 4.77. The van der Waals surface area contributed by atoms with Gasteiger partial charge in [0.1, 0.15) is 6.10 Å². The summed E-state index contributed by atoms with van der Waals surface area (Å²) in [6.07, 6.45) is 0.814. The summed E-state index contributed by atoms with van der Waals surface area (Å²) in [5.74, 6) is 0.204. The van der Waals surface area contributed by atoms with Crippen molar-refractivity contribution in [2.24, 2.45) is 0 Å². The van der Waals surface area contributed by atoms with Gasteiger partial charge in [0.2, 0.25) is 0 Å².